The van der Waals surface area contributed by atoms with Crippen molar-refractivity contribution in [2.24, 2.45) is 11.8 Å². The molecule has 0 aromatic heterocycles. The molecule has 2 amide bonds. The molecule has 1 spiro atoms. The molecular weight excluding hydrogens is 528 g/mol. The Morgan fingerprint density at radius 1 is 1.33 bits per heavy atom. The minimum absolute atomic E-state index is 0.0275. The first-order chi connectivity index (χ1) is 17.3. The van der Waals surface area contributed by atoms with E-state index in [4.69, 9.17) is 9.47 Å². The standard InChI is InChI=1S/C27H41BrN2O6/c1-5-8-16-35-26(34)20-21-24(32)30(14-10-9-11-15-31)23(27(21)17-19(28)22(20)36-27)25(33)29(13-7-3)18(4)12-6-2/h5,7,18-23,31H,1,3,6,8-17H2,2,4H3/t18?,19?,20-,21+,22-,23?,27?/m1/s1. The summed E-state index contributed by atoms with van der Waals surface area (Å²) in [6.07, 6.45) is 7.62. The minimum Gasteiger partial charge on any atom is -0.465 e. The lowest BCUT2D eigenvalue weighted by Crippen LogP contribution is -2.58. The predicted molar refractivity (Wildman–Crippen MR) is 140 cm³/mol. The summed E-state index contributed by atoms with van der Waals surface area (Å²) in [6.45, 7) is 12.6. The number of ether oxygens (including phenoxy) is 2. The number of likely N-dealkylation sites (tertiary alicyclic amines) is 1. The van der Waals surface area contributed by atoms with E-state index in [1.54, 1.807) is 22.0 Å². The number of carbonyl (C=O) groups excluding carboxylic acids is 3. The van der Waals surface area contributed by atoms with Crippen molar-refractivity contribution in [3.8, 4) is 0 Å². The highest BCUT2D eigenvalue weighted by Crippen LogP contribution is 2.60. The number of fused-ring (bicyclic) bond motifs is 1. The summed E-state index contributed by atoms with van der Waals surface area (Å²) in [5, 5.41) is 9.19. The number of alkyl halides is 1. The van der Waals surface area contributed by atoms with Crippen molar-refractivity contribution in [3.05, 3.63) is 25.3 Å². The largest absolute Gasteiger partial charge is 0.465 e. The molecule has 3 aliphatic heterocycles. The van der Waals surface area contributed by atoms with Crippen LogP contribution in [0.25, 0.3) is 0 Å². The van der Waals surface area contributed by atoms with Crippen LogP contribution in [0.5, 0.6) is 0 Å². The highest BCUT2D eigenvalue weighted by atomic mass is 79.9. The quantitative estimate of drug-likeness (QED) is 0.141. The molecule has 9 heteroatoms. The summed E-state index contributed by atoms with van der Waals surface area (Å²) in [4.78, 5) is 44.6. The molecular formula is C27H41BrN2O6. The Labute approximate surface area is 223 Å². The Bertz CT molecular complexity index is 837. The number of aliphatic hydroxyl groups excluding tert-OH is 1. The van der Waals surface area contributed by atoms with Crippen LogP contribution in [-0.2, 0) is 23.9 Å². The first-order valence-corrected chi connectivity index (χ1v) is 14.1. The summed E-state index contributed by atoms with van der Waals surface area (Å²) in [6, 6.07) is -0.847. The Morgan fingerprint density at radius 2 is 2.08 bits per heavy atom. The molecule has 36 heavy (non-hydrogen) atoms. The van der Waals surface area contributed by atoms with Gasteiger partial charge in [-0.1, -0.05) is 41.4 Å². The maximum Gasteiger partial charge on any atom is 0.312 e. The molecule has 3 rings (SSSR count). The number of amides is 2. The molecule has 202 valence electrons. The van der Waals surface area contributed by atoms with Crippen LogP contribution in [0.15, 0.2) is 25.3 Å². The van der Waals surface area contributed by atoms with Gasteiger partial charge in [0.2, 0.25) is 11.8 Å². The van der Waals surface area contributed by atoms with Crippen molar-refractivity contribution in [1.82, 2.24) is 9.80 Å². The summed E-state index contributed by atoms with van der Waals surface area (Å²) < 4.78 is 12.0. The molecule has 0 aromatic carbocycles. The van der Waals surface area contributed by atoms with Crippen LogP contribution in [0.1, 0.15) is 58.8 Å². The van der Waals surface area contributed by atoms with E-state index in [1.165, 1.54) is 0 Å². The number of esters is 1. The lowest BCUT2D eigenvalue weighted by molar-refractivity contribution is -0.155. The maximum atomic E-state index is 14.2. The Morgan fingerprint density at radius 3 is 2.72 bits per heavy atom. The number of halogens is 1. The van der Waals surface area contributed by atoms with Gasteiger partial charge >= 0.3 is 5.97 Å². The van der Waals surface area contributed by atoms with Crippen molar-refractivity contribution in [2.45, 2.75) is 87.4 Å². The van der Waals surface area contributed by atoms with Crippen LogP contribution in [0.4, 0.5) is 0 Å². The number of nitrogens with zero attached hydrogens (tertiary/aromatic N) is 2. The second-order valence-electron chi connectivity index (χ2n) is 10.1. The van der Waals surface area contributed by atoms with Gasteiger partial charge in [-0.25, -0.2) is 0 Å². The van der Waals surface area contributed by atoms with E-state index in [9.17, 15) is 19.5 Å². The predicted octanol–water partition coefficient (Wildman–Crippen LogP) is 3.22. The fourth-order valence-corrected chi connectivity index (χ4v) is 7.13. The summed E-state index contributed by atoms with van der Waals surface area (Å²) in [5.41, 5.74) is -1.09. The number of hydrogen-bond donors (Lipinski definition) is 1. The first kappa shape index (κ1) is 28.9. The summed E-state index contributed by atoms with van der Waals surface area (Å²) in [7, 11) is 0. The van der Waals surface area contributed by atoms with E-state index in [0.29, 0.717) is 38.8 Å². The third-order valence-electron chi connectivity index (χ3n) is 7.77. The van der Waals surface area contributed by atoms with Gasteiger partial charge in [0.25, 0.3) is 0 Å². The molecule has 0 radical (unpaired) electrons. The normalized spacial score (nSPS) is 31.3. The Kier molecular flexibility index (Phi) is 10.2. The van der Waals surface area contributed by atoms with Crippen molar-refractivity contribution in [1.29, 1.82) is 0 Å². The van der Waals surface area contributed by atoms with Gasteiger partial charge in [0.05, 0.1) is 24.5 Å². The molecule has 8 nitrogen and oxygen atoms in total. The molecule has 2 bridgehead atoms. The smallest absolute Gasteiger partial charge is 0.312 e. The topological polar surface area (TPSA) is 96.4 Å². The first-order valence-electron chi connectivity index (χ1n) is 13.2. The molecule has 0 aliphatic carbocycles. The number of hydrogen-bond acceptors (Lipinski definition) is 6. The van der Waals surface area contributed by atoms with Crippen molar-refractivity contribution in [2.75, 3.05) is 26.3 Å². The van der Waals surface area contributed by atoms with Crippen LogP contribution < -0.4 is 0 Å². The number of rotatable bonds is 15. The highest BCUT2D eigenvalue weighted by Gasteiger charge is 2.77. The van der Waals surface area contributed by atoms with Gasteiger partial charge in [0.15, 0.2) is 0 Å². The number of unbranched alkanes of at least 4 members (excludes halogenated alkanes) is 2. The summed E-state index contributed by atoms with van der Waals surface area (Å²) >= 11 is 3.68. The van der Waals surface area contributed by atoms with Gasteiger partial charge in [-0.15, -0.1) is 13.2 Å². The maximum absolute atomic E-state index is 14.2. The van der Waals surface area contributed by atoms with Gasteiger partial charge in [0, 0.05) is 30.6 Å². The summed E-state index contributed by atoms with van der Waals surface area (Å²) in [5.74, 6) is -2.35. The van der Waals surface area contributed by atoms with E-state index in [0.717, 1.165) is 19.3 Å². The zero-order valence-corrected chi connectivity index (χ0v) is 23.2. The average molecular weight is 570 g/mol. The van der Waals surface area contributed by atoms with Crippen molar-refractivity contribution in [3.63, 3.8) is 0 Å². The monoisotopic (exact) mass is 568 g/mol. The molecule has 7 atom stereocenters. The molecule has 0 saturated carbocycles. The number of carbonyl (C=O) groups is 3. The van der Waals surface area contributed by atoms with E-state index < -0.39 is 35.6 Å². The third-order valence-corrected chi connectivity index (χ3v) is 8.61. The number of aliphatic hydroxyl groups is 1. The second kappa shape index (κ2) is 12.7. The third kappa shape index (κ3) is 5.29. The van der Waals surface area contributed by atoms with Crippen LogP contribution in [-0.4, -0.2) is 87.6 Å². The highest BCUT2D eigenvalue weighted by molar-refractivity contribution is 9.09. The second-order valence-corrected chi connectivity index (χ2v) is 11.3. The van der Waals surface area contributed by atoms with Gasteiger partial charge in [0.1, 0.15) is 11.6 Å². The molecule has 3 aliphatic rings. The molecule has 3 saturated heterocycles. The Hall–Kier alpha value is -1.71. The molecule has 1 N–H and O–H groups in total. The van der Waals surface area contributed by atoms with Crippen molar-refractivity contribution < 1.29 is 29.0 Å². The zero-order valence-electron chi connectivity index (χ0n) is 21.6. The zero-order chi connectivity index (χ0) is 26.5. The fourth-order valence-electron chi connectivity index (χ4n) is 6.19. The molecule has 4 unspecified atom stereocenters. The van der Waals surface area contributed by atoms with Crippen LogP contribution >= 0.6 is 15.9 Å². The lowest BCUT2D eigenvalue weighted by Gasteiger charge is -2.39. The molecule has 3 fully saturated rings. The van der Waals surface area contributed by atoms with E-state index in [2.05, 4.69) is 36.0 Å². The molecule has 3 heterocycles. The molecule has 0 aromatic rings. The van der Waals surface area contributed by atoms with Gasteiger partial charge in [-0.05, 0) is 45.4 Å². The van der Waals surface area contributed by atoms with Crippen LogP contribution in [0.2, 0.25) is 0 Å². The van der Waals surface area contributed by atoms with E-state index in [1.807, 2.05) is 6.92 Å². The van der Waals surface area contributed by atoms with Gasteiger partial charge in [-0.2, -0.15) is 0 Å². The van der Waals surface area contributed by atoms with Gasteiger partial charge < -0.3 is 24.4 Å². The SMILES string of the molecule is C=CCCOC(=O)[C@H]1[C@@H]2OC3(CC2Br)C(C(=O)N(CC=C)C(C)CCC)N(CCCCCO)C(=O)[C@H]13. The van der Waals surface area contributed by atoms with Crippen LogP contribution in [0.3, 0.4) is 0 Å². The fraction of sp³-hybridized carbons (Fsp3) is 0.741. The minimum atomic E-state index is -1.09. The van der Waals surface area contributed by atoms with Crippen molar-refractivity contribution >= 4 is 33.7 Å². The van der Waals surface area contributed by atoms with E-state index >= 15 is 0 Å². The van der Waals surface area contributed by atoms with Crippen LogP contribution in [0, 0.1) is 11.8 Å². The van der Waals surface area contributed by atoms with Gasteiger partial charge in [-0.3, -0.25) is 14.4 Å². The van der Waals surface area contributed by atoms with E-state index in [-0.39, 0.29) is 35.9 Å². The Balaban J connectivity index is 1.98. The average Bonchev–Trinajstić information content (AvgIpc) is 3.43. The lowest BCUT2D eigenvalue weighted by atomic mass is 9.70.